The molecule has 1 aromatic carbocycles. The highest BCUT2D eigenvalue weighted by atomic mass is 16.5. The van der Waals surface area contributed by atoms with Crippen molar-refractivity contribution in [2.45, 2.75) is 12.8 Å². The van der Waals surface area contributed by atoms with Crippen LogP contribution in [0.25, 0.3) is 0 Å². The fourth-order valence-electron chi connectivity index (χ4n) is 1.23. The third kappa shape index (κ3) is 4.66. The van der Waals surface area contributed by atoms with E-state index in [2.05, 4.69) is 18.7 Å². The second kappa shape index (κ2) is 7.07. The third-order valence-corrected chi connectivity index (χ3v) is 2.11. The Hall–Kier alpha value is -1.28. The van der Waals surface area contributed by atoms with Crippen molar-refractivity contribution in [3.05, 3.63) is 42.5 Å². The zero-order valence-corrected chi connectivity index (χ0v) is 9.24. The van der Waals surface area contributed by atoms with E-state index in [9.17, 15) is 0 Å². The third-order valence-electron chi connectivity index (χ3n) is 2.11. The molecule has 82 valence electrons. The summed E-state index contributed by atoms with van der Waals surface area (Å²) in [4.78, 5) is 0. The SMILES string of the molecule is C=CCCOc1ccc(CCOC)cc1. The Labute approximate surface area is 91.5 Å². The number of ether oxygens (including phenoxy) is 2. The molecular formula is C13H18O2. The molecule has 2 nitrogen and oxygen atoms in total. The average molecular weight is 206 g/mol. The van der Waals surface area contributed by atoms with Crippen LogP contribution in [0.2, 0.25) is 0 Å². The number of rotatable bonds is 7. The van der Waals surface area contributed by atoms with Gasteiger partial charge < -0.3 is 9.47 Å². The summed E-state index contributed by atoms with van der Waals surface area (Å²) in [5, 5.41) is 0. The van der Waals surface area contributed by atoms with Crippen LogP contribution >= 0.6 is 0 Å². The molecule has 0 aromatic heterocycles. The highest BCUT2D eigenvalue weighted by Gasteiger charge is 1.95. The molecule has 0 aliphatic rings. The Kier molecular flexibility index (Phi) is 5.56. The quantitative estimate of drug-likeness (QED) is 0.504. The van der Waals surface area contributed by atoms with Crippen LogP contribution in [0.4, 0.5) is 0 Å². The predicted molar refractivity (Wildman–Crippen MR) is 62.3 cm³/mol. The van der Waals surface area contributed by atoms with Crippen LogP contribution in [-0.4, -0.2) is 20.3 Å². The summed E-state index contributed by atoms with van der Waals surface area (Å²) in [7, 11) is 1.72. The first-order chi connectivity index (χ1) is 7.36. The second-order valence-corrected chi connectivity index (χ2v) is 3.31. The molecule has 15 heavy (non-hydrogen) atoms. The maximum atomic E-state index is 5.50. The van der Waals surface area contributed by atoms with Gasteiger partial charge in [-0.15, -0.1) is 6.58 Å². The molecule has 1 aromatic rings. The van der Waals surface area contributed by atoms with E-state index in [4.69, 9.17) is 9.47 Å². The van der Waals surface area contributed by atoms with E-state index in [-0.39, 0.29) is 0 Å². The molecule has 0 atom stereocenters. The van der Waals surface area contributed by atoms with Gasteiger partial charge in [-0.05, 0) is 30.5 Å². The van der Waals surface area contributed by atoms with Crippen molar-refractivity contribution < 1.29 is 9.47 Å². The minimum Gasteiger partial charge on any atom is -0.493 e. The molecule has 0 aliphatic heterocycles. The maximum absolute atomic E-state index is 5.50. The topological polar surface area (TPSA) is 18.5 Å². The van der Waals surface area contributed by atoms with Crippen LogP contribution < -0.4 is 4.74 Å². The van der Waals surface area contributed by atoms with E-state index in [1.54, 1.807) is 7.11 Å². The number of methoxy groups -OCH3 is 1. The molecular weight excluding hydrogens is 188 g/mol. The summed E-state index contributed by atoms with van der Waals surface area (Å²) < 4.78 is 10.5. The molecule has 1 rings (SSSR count). The molecule has 0 heterocycles. The summed E-state index contributed by atoms with van der Waals surface area (Å²) in [5.41, 5.74) is 1.27. The van der Waals surface area contributed by atoms with Gasteiger partial charge in [0.15, 0.2) is 0 Å². The Morgan fingerprint density at radius 3 is 2.53 bits per heavy atom. The zero-order chi connectivity index (χ0) is 10.9. The molecule has 0 saturated carbocycles. The maximum Gasteiger partial charge on any atom is 0.119 e. The highest BCUT2D eigenvalue weighted by molar-refractivity contribution is 5.27. The molecule has 2 heteroatoms. The first-order valence-electron chi connectivity index (χ1n) is 5.18. The molecule has 0 saturated heterocycles. The number of benzene rings is 1. The molecule has 0 aliphatic carbocycles. The van der Waals surface area contributed by atoms with Crippen LogP contribution in [0.15, 0.2) is 36.9 Å². The van der Waals surface area contributed by atoms with Crippen LogP contribution in [0.5, 0.6) is 5.75 Å². The lowest BCUT2D eigenvalue weighted by Crippen LogP contribution is -1.97. The second-order valence-electron chi connectivity index (χ2n) is 3.31. The molecule has 0 radical (unpaired) electrons. The van der Waals surface area contributed by atoms with Crippen LogP contribution in [-0.2, 0) is 11.2 Å². The van der Waals surface area contributed by atoms with Crippen molar-refractivity contribution in [2.75, 3.05) is 20.3 Å². The fourth-order valence-corrected chi connectivity index (χ4v) is 1.23. The average Bonchev–Trinajstić information content (AvgIpc) is 2.28. The summed E-state index contributed by atoms with van der Waals surface area (Å²) in [6.45, 7) is 5.10. The standard InChI is InChI=1S/C13H18O2/c1-3-4-10-15-13-7-5-12(6-8-13)9-11-14-2/h3,5-8H,1,4,9-11H2,2H3. The van der Waals surface area contributed by atoms with Gasteiger partial charge in [-0.1, -0.05) is 18.2 Å². The predicted octanol–water partition coefficient (Wildman–Crippen LogP) is 2.83. The van der Waals surface area contributed by atoms with Gasteiger partial charge in [0, 0.05) is 7.11 Å². The van der Waals surface area contributed by atoms with Crippen LogP contribution in [0, 0.1) is 0 Å². The molecule has 0 spiro atoms. The van der Waals surface area contributed by atoms with Gasteiger partial charge in [-0.3, -0.25) is 0 Å². The lowest BCUT2D eigenvalue weighted by Gasteiger charge is -2.05. The van der Waals surface area contributed by atoms with Gasteiger partial charge in [0.1, 0.15) is 5.75 Å². The highest BCUT2D eigenvalue weighted by Crippen LogP contribution is 2.12. The van der Waals surface area contributed by atoms with Gasteiger partial charge in [0.05, 0.1) is 13.2 Å². The largest absolute Gasteiger partial charge is 0.493 e. The van der Waals surface area contributed by atoms with Crippen molar-refractivity contribution in [3.8, 4) is 5.75 Å². The van der Waals surface area contributed by atoms with Crippen molar-refractivity contribution in [2.24, 2.45) is 0 Å². The van der Waals surface area contributed by atoms with Gasteiger partial charge >= 0.3 is 0 Å². The van der Waals surface area contributed by atoms with Crippen molar-refractivity contribution in [1.82, 2.24) is 0 Å². The Morgan fingerprint density at radius 2 is 1.93 bits per heavy atom. The smallest absolute Gasteiger partial charge is 0.119 e. The summed E-state index contributed by atoms with van der Waals surface area (Å²) >= 11 is 0. The molecule has 0 fully saturated rings. The Morgan fingerprint density at radius 1 is 1.20 bits per heavy atom. The van der Waals surface area contributed by atoms with Crippen LogP contribution in [0.1, 0.15) is 12.0 Å². The fraction of sp³-hybridized carbons (Fsp3) is 0.385. The first-order valence-corrected chi connectivity index (χ1v) is 5.18. The lowest BCUT2D eigenvalue weighted by atomic mass is 10.1. The molecule has 0 amide bonds. The summed E-state index contributed by atoms with van der Waals surface area (Å²) in [6, 6.07) is 8.13. The minimum absolute atomic E-state index is 0.695. The van der Waals surface area contributed by atoms with E-state index in [0.29, 0.717) is 6.61 Å². The van der Waals surface area contributed by atoms with Crippen molar-refractivity contribution in [3.63, 3.8) is 0 Å². The van der Waals surface area contributed by atoms with E-state index >= 15 is 0 Å². The van der Waals surface area contributed by atoms with Gasteiger partial charge in [-0.2, -0.15) is 0 Å². The van der Waals surface area contributed by atoms with Gasteiger partial charge in [-0.25, -0.2) is 0 Å². The first kappa shape index (κ1) is 11.8. The molecule has 0 unspecified atom stereocenters. The summed E-state index contributed by atoms with van der Waals surface area (Å²) in [6.07, 6.45) is 3.68. The lowest BCUT2D eigenvalue weighted by molar-refractivity contribution is 0.202. The van der Waals surface area contributed by atoms with Gasteiger partial charge in [0.25, 0.3) is 0 Å². The van der Waals surface area contributed by atoms with E-state index < -0.39 is 0 Å². The molecule has 0 N–H and O–H groups in total. The number of hydrogen-bond donors (Lipinski definition) is 0. The Bertz CT molecular complexity index is 277. The number of hydrogen-bond acceptors (Lipinski definition) is 2. The Balaban J connectivity index is 2.38. The van der Waals surface area contributed by atoms with E-state index in [1.807, 2.05) is 18.2 Å². The van der Waals surface area contributed by atoms with Crippen LogP contribution in [0.3, 0.4) is 0 Å². The zero-order valence-electron chi connectivity index (χ0n) is 9.24. The van der Waals surface area contributed by atoms with Crippen molar-refractivity contribution in [1.29, 1.82) is 0 Å². The summed E-state index contributed by atoms with van der Waals surface area (Å²) in [5.74, 6) is 0.915. The van der Waals surface area contributed by atoms with E-state index in [0.717, 1.165) is 25.2 Å². The molecule has 0 bridgehead atoms. The van der Waals surface area contributed by atoms with Gasteiger partial charge in [0.2, 0.25) is 0 Å². The minimum atomic E-state index is 0.695. The van der Waals surface area contributed by atoms with Crippen molar-refractivity contribution >= 4 is 0 Å². The van der Waals surface area contributed by atoms with E-state index in [1.165, 1.54) is 5.56 Å². The monoisotopic (exact) mass is 206 g/mol. The normalized spacial score (nSPS) is 9.93.